The summed E-state index contributed by atoms with van der Waals surface area (Å²) >= 11 is 0. The summed E-state index contributed by atoms with van der Waals surface area (Å²) in [5.41, 5.74) is 6.65. The van der Waals surface area contributed by atoms with Gasteiger partial charge in [0.05, 0.1) is 13.7 Å². The molecule has 0 amide bonds. The van der Waals surface area contributed by atoms with Crippen molar-refractivity contribution in [2.45, 2.75) is 19.9 Å². The lowest BCUT2D eigenvalue weighted by atomic mass is 10.2. The summed E-state index contributed by atoms with van der Waals surface area (Å²) in [4.78, 5) is 13.3. The highest BCUT2D eigenvalue weighted by atomic mass is 16.5. The number of carbonyl (C=O) groups excluding carboxylic acids is 1. The van der Waals surface area contributed by atoms with E-state index in [2.05, 4.69) is 6.92 Å². The Labute approximate surface area is 120 Å². The average Bonchev–Trinajstić information content (AvgIpc) is 2.47. The number of benzene rings is 1. The van der Waals surface area contributed by atoms with Crippen LogP contribution in [-0.4, -0.2) is 44.2 Å². The number of hydrogen-bond acceptors (Lipinski definition) is 5. The maximum Gasteiger partial charge on any atom is 0.319 e. The van der Waals surface area contributed by atoms with E-state index >= 15 is 0 Å². The van der Waals surface area contributed by atoms with Gasteiger partial charge in [0, 0.05) is 18.7 Å². The molecule has 0 unspecified atom stereocenters. The molecule has 0 bridgehead atoms. The van der Waals surface area contributed by atoms with E-state index in [0.29, 0.717) is 26.2 Å². The zero-order valence-electron chi connectivity index (χ0n) is 12.3. The smallest absolute Gasteiger partial charge is 0.319 e. The van der Waals surface area contributed by atoms with Crippen LogP contribution in [0.2, 0.25) is 0 Å². The van der Waals surface area contributed by atoms with Crippen molar-refractivity contribution in [1.29, 1.82) is 0 Å². The lowest BCUT2D eigenvalue weighted by Gasteiger charge is -2.20. The summed E-state index contributed by atoms with van der Waals surface area (Å²) in [6.45, 7) is 4.88. The molecule has 1 aromatic rings. The first-order chi connectivity index (χ1) is 9.71. The van der Waals surface area contributed by atoms with Gasteiger partial charge in [-0.05, 0) is 19.0 Å². The van der Waals surface area contributed by atoms with Crippen LogP contribution in [0.1, 0.15) is 18.9 Å². The van der Waals surface area contributed by atoms with Crippen LogP contribution >= 0.6 is 0 Å². The van der Waals surface area contributed by atoms with Gasteiger partial charge in [-0.15, -0.1) is 0 Å². The largest absolute Gasteiger partial charge is 0.492 e. The lowest BCUT2D eigenvalue weighted by molar-refractivity contribution is -0.142. The first kappa shape index (κ1) is 16.5. The van der Waals surface area contributed by atoms with Crippen LogP contribution in [0.15, 0.2) is 24.3 Å². The molecule has 0 atom stereocenters. The minimum atomic E-state index is -0.221. The molecule has 0 fully saturated rings. The summed E-state index contributed by atoms with van der Waals surface area (Å²) < 4.78 is 10.4. The monoisotopic (exact) mass is 280 g/mol. The Morgan fingerprint density at radius 2 is 2.05 bits per heavy atom. The lowest BCUT2D eigenvalue weighted by Crippen LogP contribution is -2.34. The van der Waals surface area contributed by atoms with E-state index < -0.39 is 0 Å². The van der Waals surface area contributed by atoms with E-state index in [-0.39, 0.29) is 5.97 Å². The average molecular weight is 280 g/mol. The Kier molecular flexibility index (Phi) is 7.69. The molecule has 1 aromatic carbocycles. The van der Waals surface area contributed by atoms with Crippen LogP contribution in [0, 0.1) is 0 Å². The Hall–Kier alpha value is -1.59. The van der Waals surface area contributed by atoms with E-state index in [1.165, 1.54) is 7.11 Å². The minimum absolute atomic E-state index is 0.221. The third kappa shape index (κ3) is 5.59. The molecule has 0 spiro atoms. The number of nitrogens with two attached hydrogens (primary N) is 1. The molecular formula is C15H24N2O3. The zero-order chi connectivity index (χ0) is 14.8. The Bertz CT molecular complexity index is 410. The summed E-state index contributed by atoms with van der Waals surface area (Å²) in [6.07, 6.45) is 0.983. The fourth-order valence-corrected chi connectivity index (χ4v) is 1.93. The van der Waals surface area contributed by atoms with Crippen LogP contribution < -0.4 is 10.5 Å². The number of ether oxygens (including phenoxy) is 2. The quantitative estimate of drug-likeness (QED) is 0.693. The van der Waals surface area contributed by atoms with E-state index in [1.54, 1.807) is 0 Å². The van der Waals surface area contributed by atoms with Crippen molar-refractivity contribution in [3.63, 3.8) is 0 Å². The molecule has 2 N–H and O–H groups in total. The molecule has 1 rings (SSSR count). The Morgan fingerprint density at radius 3 is 2.70 bits per heavy atom. The van der Waals surface area contributed by atoms with Crippen molar-refractivity contribution in [1.82, 2.24) is 4.90 Å². The fourth-order valence-electron chi connectivity index (χ4n) is 1.93. The minimum Gasteiger partial charge on any atom is -0.492 e. The third-order valence-electron chi connectivity index (χ3n) is 2.98. The van der Waals surface area contributed by atoms with Crippen molar-refractivity contribution in [3.8, 4) is 5.75 Å². The first-order valence-corrected chi connectivity index (χ1v) is 6.91. The summed E-state index contributed by atoms with van der Waals surface area (Å²) in [5, 5.41) is 0. The van der Waals surface area contributed by atoms with Crippen LogP contribution in [0.4, 0.5) is 0 Å². The van der Waals surface area contributed by atoms with Crippen LogP contribution in [0.5, 0.6) is 5.75 Å². The van der Waals surface area contributed by atoms with E-state index in [0.717, 1.165) is 24.3 Å². The molecule has 0 aliphatic heterocycles. The Morgan fingerprint density at radius 1 is 1.30 bits per heavy atom. The molecule has 0 aromatic heterocycles. The van der Waals surface area contributed by atoms with E-state index in [4.69, 9.17) is 15.2 Å². The van der Waals surface area contributed by atoms with Gasteiger partial charge in [-0.1, -0.05) is 25.1 Å². The predicted molar refractivity (Wildman–Crippen MR) is 78.6 cm³/mol. The topological polar surface area (TPSA) is 64.8 Å². The molecule has 0 radical (unpaired) electrons. The molecule has 0 heterocycles. The van der Waals surface area contributed by atoms with Crippen molar-refractivity contribution < 1.29 is 14.3 Å². The highest BCUT2D eigenvalue weighted by molar-refractivity contribution is 5.71. The number of carbonyl (C=O) groups is 1. The number of esters is 1. The molecule has 5 nitrogen and oxygen atoms in total. The normalized spacial score (nSPS) is 10.6. The van der Waals surface area contributed by atoms with Gasteiger partial charge in [0.1, 0.15) is 12.4 Å². The van der Waals surface area contributed by atoms with Crippen molar-refractivity contribution >= 4 is 5.97 Å². The number of hydrogen-bond donors (Lipinski definition) is 1. The number of rotatable bonds is 9. The molecule has 0 saturated carbocycles. The van der Waals surface area contributed by atoms with Crippen LogP contribution in [-0.2, 0) is 16.1 Å². The second-order valence-corrected chi connectivity index (χ2v) is 4.51. The molecule has 112 valence electrons. The van der Waals surface area contributed by atoms with Gasteiger partial charge >= 0.3 is 5.97 Å². The van der Waals surface area contributed by atoms with Gasteiger partial charge < -0.3 is 15.2 Å². The highest BCUT2D eigenvalue weighted by Crippen LogP contribution is 2.16. The van der Waals surface area contributed by atoms with Crippen molar-refractivity contribution in [2.75, 3.05) is 33.4 Å². The molecular weight excluding hydrogens is 256 g/mol. The van der Waals surface area contributed by atoms with E-state index in [1.807, 2.05) is 29.2 Å². The molecule has 0 saturated heterocycles. The molecule has 5 heteroatoms. The van der Waals surface area contributed by atoms with E-state index in [9.17, 15) is 4.79 Å². The van der Waals surface area contributed by atoms with Gasteiger partial charge in [-0.2, -0.15) is 0 Å². The Balaban J connectivity index is 2.45. The first-order valence-electron chi connectivity index (χ1n) is 6.91. The second-order valence-electron chi connectivity index (χ2n) is 4.51. The van der Waals surface area contributed by atoms with Gasteiger partial charge in [0.2, 0.25) is 0 Å². The van der Waals surface area contributed by atoms with Crippen LogP contribution in [0.25, 0.3) is 0 Å². The van der Waals surface area contributed by atoms with Gasteiger partial charge in [-0.3, -0.25) is 9.69 Å². The number of methoxy groups -OCH3 is 1. The third-order valence-corrected chi connectivity index (χ3v) is 2.98. The number of para-hydroxylation sites is 1. The maximum absolute atomic E-state index is 11.3. The molecule has 20 heavy (non-hydrogen) atoms. The standard InChI is InChI=1S/C15H24N2O3/c1-3-8-17(12-15(18)19-2)9-10-20-14-7-5-4-6-13(14)11-16/h4-7H,3,8-12,16H2,1-2H3. The predicted octanol–water partition coefficient (Wildman–Crippen LogP) is 1.41. The van der Waals surface area contributed by atoms with Gasteiger partial charge in [0.15, 0.2) is 0 Å². The van der Waals surface area contributed by atoms with Gasteiger partial charge in [-0.25, -0.2) is 0 Å². The van der Waals surface area contributed by atoms with Crippen molar-refractivity contribution in [2.24, 2.45) is 5.73 Å². The fraction of sp³-hybridized carbons (Fsp3) is 0.533. The molecule has 0 aliphatic rings. The second kappa shape index (κ2) is 9.34. The summed E-state index contributed by atoms with van der Waals surface area (Å²) in [7, 11) is 1.40. The summed E-state index contributed by atoms with van der Waals surface area (Å²) in [6, 6.07) is 7.72. The van der Waals surface area contributed by atoms with Gasteiger partial charge in [0.25, 0.3) is 0 Å². The SMILES string of the molecule is CCCN(CCOc1ccccc1CN)CC(=O)OC. The highest BCUT2D eigenvalue weighted by Gasteiger charge is 2.10. The van der Waals surface area contributed by atoms with Crippen LogP contribution in [0.3, 0.4) is 0 Å². The zero-order valence-corrected chi connectivity index (χ0v) is 12.3. The maximum atomic E-state index is 11.3. The summed E-state index contributed by atoms with van der Waals surface area (Å²) in [5.74, 6) is 0.588. The number of nitrogens with zero attached hydrogens (tertiary/aromatic N) is 1. The van der Waals surface area contributed by atoms with Crippen molar-refractivity contribution in [3.05, 3.63) is 29.8 Å². The molecule has 0 aliphatic carbocycles.